The van der Waals surface area contributed by atoms with Crippen molar-refractivity contribution in [3.63, 3.8) is 0 Å². The van der Waals surface area contributed by atoms with Gasteiger partial charge in [-0.3, -0.25) is 14.9 Å². The summed E-state index contributed by atoms with van der Waals surface area (Å²) < 4.78 is 0. The van der Waals surface area contributed by atoms with Gasteiger partial charge in [-0.2, -0.15) is 4.99 Å². The molecule has 1 aromatic rings. The van der Waals surface area contributed by atoms with Gasteiger partial charge in [0.2, 0.25) is 0 Å². The molecule has 0 spiro atoms. The third kappa shape index (κ3) is 3.33. The average Bonchev–Trinajstić information content (AvgIpc) is 2.46. The minimum atomic E-state index is -0.675. The van der Waals surface area contributed by atoms with Gasteiger partial charge in [-0.25, -0.2) is 0 Å². The first-order chi connectivity index (χ1) is 10.4. The van der Waals surface area contributed by atoms with Crippen molar-refractivity contribution in [1.29, 1.82) is 0 Å². The van der Waals surface area contributed by atoms with Gasteiger partial charge in [0.05, 0.1) is 10.5 Å². The lowest BCUT2D eigenvalue weighted by molar-refractivity contribution is -0.384. The Morgan fingerprint density at radius 1 is 1.27 bits per heavy atom. The fourth-order valence-corrected chi connectivity index (χ4v) is 2.62. The van der Waals surface area contributed by atoms with Gasteiger partial charge in [-0.15, -0.1) is 0 Å². The monoisotopic (exact) mass is 305 g/mol. The smallest absolute Gasteiger partial charge is 0.293 e. The van der Waals surface area contributed by atoms with Crippen LogP contribution in [0.15, 0.2) is 17.1 Å². The molecule has 1 aliphatic rings. The second-order valence-corrected chi connectivity index (χ2v) is 5.30. The fourth-order valence-electron chi connectivity index (χ4n) is 2.62. The van der Waals surface area contributed by atoms with E-state index in [1.807, 2.05) is 4.90 Å². The summed E-state index contributed by atoms with van der Waals surface area (Å²) in [4.78, 5) is 28.3. The summed E-state index contributed by atoms with van der Waals surface area (Å²) in [5.74, 6) is -1.04. The maximum atomic E-state index is 12.0. The van der Waals surface area contributed by atoms with Gasteiger partial charge in [0.25, 0.3) is 11.6 Å². The zero-order chi connectivity index (χ0) is 16.3. The molecule has 8 nitrogen and oxygen atoms in total. The minimum absolute atomic E-state index is 0.0957. The number of nitrogens with two attached hydrogens (primary N) is 2. The lowest BCUT2D eigenvalue weighted by Crippen LogP contribution is -2.30. The first-order valence-corrected chi connectivity index (χ1v) is 7.08. The molecule has 1 aliphatic heterocycles. The SMILES string of the molecule is Cc1cc(N2CCCCC2)c([N+](=O)[O-])cc1C(=O)N=C(N)N. The van der Waals surface area contributed by atoms with E-state index in [-0.39, 0.29) is 17.2 Å². The molecular formula is C14H19N5O3. The van der Waals surface area contributed by atoms with Crippen LogP contribution in [0.1, 0.15) is 35.2 Å². The van der Waals surface area contributed by atoms with Crippen LogP contribution in [0.2, 0.25) is 0 Å². The number of nitro groups is 1. The number of nitro benzene ring substituents is 1. The van der Waals surface area contributed by atoms with Gasteiger partial charge in [0.15, 0.2) is 5.96 Å². The van der Waals surface area contributed by atoms with Gasteiger partial charge in [0, 0.05) is 19.2 Å². The Hall–Kier alpha value is -2.64. The van der Waals surface area contributed by atoms with Gasteiger partial charge in [-0.05, 0) is 37.8 Å². The van der Waals surface area contributed by atoms with Crippen LogP contribution in [-0.2, 0) is 0 Å². The molecule has 1 heterocycles. The number of anilines is 1. The number of aryl methyl sites for hydroxylation is 1. The second kappa shape index (κ2) is 6.42. The molecule has 2 rings (SSSR count). The number of amides is 1. The maximum Gasteiger partial charge on any atom is 0.293 e. The summed E-state index contributed by atoms with van der Waals surface area (Å²) in [6, 6.07) is 2.92. The summed E-state index contributed by atoms with van der Waals surface area (Å²) in [7, 11) is 0. The predicted molar refractivity (Wildman–Crippen MR) is 84.0 cm³/mol. The molecule has 0 aromatic heterocycles. The van der Waals surface area contributed by atoms with Crippen LogP contribution < -0.4 is 16.4 Å². The molecule has 0 radical (unpaired) electrons. The van der Waals surface area contributed by atoms with Crippen LogP contribution >= 0.6 is 0 Å². The highest BCUT2D eigenvalue weighted by Gasteiger charge is 2.24. The number of hydrogen-bond donors (Lipinski definition) is 2. The number of nitrogens with zero attached hydrogens (tertiary/aromatic N) is 3. The van der Waals surface area contributed by atoms with Crippen molar-refractivity contribution in [3.8, 4) is 0 Å². The Kier molecular flexibility index (Phi) is 4.59. The van der Waals surface area contributed by atoms with Crippen molar-refractivity contribution >= 4 is 23.2 Å². The van der Waals surface area contributed by atoms with Crippen LogP contribution in [0.4, 0.5) is 11.4 Å². The molecule has 1 aromatic carbocycles. The first kappa shape index (κ1) is 15.7. The van der Waals surface area contributed by atoms with Crippen molar-refractivity contribution in [3.05, 3.63) is 33.4 Å². The van der Waals surface area contributed by atoms with Crippen LogP contribution in [0.3, 0.4) is 0 Å². The van der Waals surface area contributed by atoms with Crippen molar-refractivity contribution in [2.24, 2.45) is 16.5 Å². The lowest BCUT2D eigenvalue weighted by atomic mass is 10.0. The number of carbonyl (C=O) groups excluding carboxylic acids is 1. The zero-order valence-corrected chi connectivity index (χ0v) is 12.4. The molecule has 22 heavy (non-hydrogen) atoms. The fraction of sp³-hybridized carbons (Fsp3) is 0.429. The highest BCUT2D eigenvalue weighted by molar-refractivity contribution is 6.03. The van der Waals surface area contributed by atoms with Crippen LogP contribution in [0.25, 0.3) is 0 Å². The number of piperidine rings is 1. The Bertz CT molecular complexity index is 632. The largest absolute Gasteiger partial charge is 0.370 e. The molecule has 118 valence electrons. The number of benzene rings is 1. The molecule has 0 unspecified atom stereocenters. The molecule has 0 bridgehead atoms. The van der Waals surface area contributed by atoms with Crippen molar-refractivity contribution in [1.82, 2.24) is 0 Å². The quantitative estimate of drug-likeness (QED) is 0.375. The number of rotatable bonds is 3. The van der Waals surface area contributed by atoms with E-state index in [0.29, 0.717) is 11.3 Å². The van der Waals surface area contributed by atoms with Crippen LogP contribution in [-0.4, -0.2) is 29.9 Å². The molecule has 0 saturated carbocycles. The van der Waals surface area contributed by atoms with E-state index < -0.39 is 10.8 Å². The Morgan fingerprint density at radius 3 is 2.45 bits per heavy atom. The number of hydrogen-bond acceptors (Lipinski definition) is 4. The predicted octanol–water partition coefficient (Wildman–Crippen LogP) is 1.31. The molecule has 0 atom stereocenters. The lowest BCUT2D eigenvalue weighted by Gasteiger charge is -2.28. The summed E-state index contributed by atoms with van der Waals surface area (Å²) in [5.41, 5.74) is 11.6. The molecule has 1 amide bonds. The highest BCUT2D eigenvalue weighted by atomic mass is 16.6. The highest BCUT2D eigenvalue weighted by Crippen LogP contribution is 2.33. The number of carbonyl (C=O) groups is 1. The van der Waals surface area contributed by atoms with Gasteiger partial charge < -0.3 is 16.4 Å². The van der Waals surface area contributed by atoms with Gasteiger partial charge in [-0.1, -0.05) is 0 Å². The normalized spacial score (nSPS) is 14.5. The van der Waals surface area contributed by atoms with Crippen LogP contribution in [0.5, 0.6) is 0 Å². The van der Waals surface area contributed by atoms with E-state index >= 15 is 0 Å². The van der Waals surface area contributed by atoms with Gasteiger partial charge in [0.1, 0.15) is 5.69 Å². The third-order valence-corrected chi connectivity index (χ3v) is 3.68. The number of guanidine groups is 1. The van der Waals surface area contributed by atoms with E-state index in [4.69, 9.17) is 11.5 Å². The summed E-state index contributed by atoms with van der Waals surface area (Å²) in [5, 5.41) is 11.4. The summed E-state index contributed by atoms with van der Waals surface area (Å²) in [6.07, 6.45) is 3.14. The topological polar surface area (TPSA) is 128 Å². The van der Waals surface area contributed by atoms with Crippen molar-refractivity contribution in [2.45, 2.75) is 26.2 Å². The minimum Gasteiger partial charge on any atom is -0.370 e. The molecular weight excluding hydrogens is 286 g/mol. The van der Waals surface area contributed by atoms with E-state index in [1.54, 1.807) is 13.0 Å². The van der Waals surface area contributed by atoms with E-state index in [9.17, 15) is 14.9 Å². The molecule has 0 aliphatic carbocycles. The van der Waals surface area contributed by atoms with Crippen LogP contribution in [0, 0.1) is 17.0 Å². The molecule has 1 fully saturated rings. The second-order valence-electron chi connectivity index (χ2n) is 5.30. The summed E-state index contributed by atoms with van der Waals surface area (Å²) >= 11 is 0. The van der Waals surface area contributed by atoms with E-state index in [1.165, 1.54) is 6.07 Å². The average molecular weight is 305 g/mol. The molecule has 8 heteroatoms. The Morgan fingerprint density at radius 2 is 1.91 bits per heavy atom. The molecule has 4 N–H and O–H groups in total. The van der Waals surface area contributed by atoms with E-state index in [2.05, 4.69) is 4.99 Å². The molecule has 1 saturated heterocycles. The standard InChI is InChI=1S/C14H19N5O3/c1-9-7-11(18-5-3-2-4-6-18)12(19(21)22)8-10(9)13(20)17-14(15)16/h7-8H,2-6H2,1H3,(H4,15,16,17,20). The first-order valence-electron chi connectivity index (χ1n) is 7.08. The summed E-state index contributed by atoms with van der Waals surface area (Å²) in [6.45, 7) is 3.27. The Balaban J connectivity index is 2.48. The maximum absolute atomic E-state index is 12.0. The van der Waals surface area contributed by atoms with Crippen molar-refractivity contribution in [2.75, 3.05) is 18.0 Å². The van der Waals surface area contributed by atoms with Crippen molar-refractivity contribution < 1.29 is 9.72 Å². The van der Waals surface area contributed by atoms with E-state index in [0.717, 1.165) is 32.4 Å². The van der Waals surface area contributed by atoms with Gasteiger partial charge >= 0.3 is 0 Å². The zero-order valence-electron chi connectivity index (χ0n) is 12.4. The Labute approximate surface area is 127 Å². The number of aliphatic imine (C=N–C) groups is 1. The third-order valence-electron chi connectivity index (χ3n) is 3.68.